The van der Waals surface area contributed by atoms with Gasteiger partial charge in [0.15, 0.2) is 5.78 Å². The second-order valence-corrected chi connectivity index (χ2v) is 7.71. The molecule has 1 aromatic carbocycles. The number of aromatic nitrogens is 1. The monoisotopic (exact) mass is 387 g/mol. The lowest BCUT2D eigenvalue weighted by Crippen LogP contribution is -2.46. The lowest BCUT2D eigenvalue weighted by Gasteiger charge is -2.36. The molecule has 4 rings (SSSR count). The number of piperazine rings is 1. The van der Waals surface area contributed by atoms with E-state index in [2.05, 4.69) is 44.9 Å². The van der Waals surface area contributed by atoms with Gasteiger partial charge in [0.25, 0.3) is 0 Å². The van der Waals surface area contributed by atoms with Gasteiger partial charge in [0, 0.05) is 39.1 Å². The molecular formula is C23H25N5O. The first-order valence-corrected chi connectivity index (χ1v) is 10.1. The van der Waals surface area contributed by atoms with Crippen molar-refractivity contribution < 1.29 is 4.79 Å². The summed E-state index contributed by atoms with van der Waals surface area (Å²) in [6, 6.07) is 10.2. The molecular weight excluding hydrogens is 362 g/mol. The third-order valence-corrected chi connectivity index (χ3v) is 5.70. The number of hydrogen-bond donors (Lipinski definition) is 0. The molecule has 0 spiro atoms. The molecule has 6 nitrogen and oxygen atoms in total. The summed E-state index contributed by atoms with van der Waals surface area (Å²) in [6.07, 6.45) is 2.94. The van der Waals surface area contributed by atoms with Crippen molar-refractivity contribution in [1.29, 1.82) is 5.26 Å². The Morgan fingerprint density at radius 1 is 1.17 bits per heavy atom. The smallest absolute Gasteiger partial charge is 0.181 e. The minimum absolute atomic E-state index is 0.154. The van der Waals surface area contributed by atoms with Crippen molar-refractivity contribution in [2.75, 3.05) is 31.1 Å². The molecule has 0 radical (unpaired) electrons. The van der Waals surface area contributed by atoms with Crippen LogP contribution in [0.25, 0.3) is 0 Å². The number of ketones is 1. The van der Waals surface area contributed by atoms with Crippen molar-refractivity contribution in [2.45, 2.75) is 33.2 Å². The Bertz CT molecular complexity index is 995. The number of aryl methyl sites for hydroxylation is 1. The summed E-state index contributed by atoms with van der Waals surface area (Å²) < 4.78 is 0. The molecule has 1 saturated heterocycles. The van der Waals surface area contributed by atoms with Crippen molar-refractivity contribution in [1.82, 2.24) is 9.88 Å². The molecule has 0 unspecified atom stereocenters. The highest BCUT2D eigenvalue weighted by Gasteiger charge is 2.22. The number of nitriles is 1. The Hall–Kier alpha value is -3.04. The number of carbonyl (C=O) groups is 1. The first kappa shape index (κ1) is 19.3. The first-order chi connectivity index (χ1) is 14.1. The zero-order chi connectivity index (χ0) is 20.4. The van der Waals surface area contributed by atoms with Crippen molar-refractivity contribution in [3.05, 3.63) is 52.8 Å². The lowest BCUT2D eigenvalue weighted by molar-refractivity contribution is -0.112. The van der Waals surface area contributed by atoms with Gasteiger partial charge in [0.2, 0.25) is 0 Å². The molecule has 148 valence electrons. The predicted molar refractivity (Wildman–Crippen MR) is 114 cm³/mol. The van der Waals surface area contributed by atoms with Crippen LogP contribution in [0.5, 0.6) is 0 Å². The van der Waals surface area contributed by atoms with E-state index in [4.69, 9.17) is 5.26 Å². The zero-order valence-electron chi connectivity index (χ0n) is 17.0. The number of nitrogens with zero attached hydrogens (tertiary/aromatic N) is 5. The second kappa shape index (κ2) is 8.14. The fourth-order valence-corrected chi connectivity index (χ4v) is 4.13. The van der Waals surface area contributed by atoms with Crippen LogP contribution in [0.15, 0.2) is 35.5 Å². The topological polar surface area (TPSA) is 72.6 Å². The van der Waals surface area contributed by atoms with Gasteiger partial charge in [-0.15, -0.1) is 0 Å². The molecule has 0 amide bonds. The number of rotatable bonds is 4. The third-order valence-electron chi connectivity index (χ3n) is 5.70. The fraction of sp³-hybridized carbons (Fsp3) is 0.391. The Morgan fingerprint density at radius 2 is 1.97 bits per heavy atom. The normalized spacial score (nSPS) is 16.9. The highest BCUT2D eigenvalue weighted by atomic mass is 16.1. The maximum absolute atomic E-state index is 12.2. The number of pyridine rings is 1. The largest absolute Gasteiger partial charge is 0.368 e. The Labute approximate surface area is 171 Å². The second-order valence-electron chi connectivity index (χ2n) is 7.71. The predicted octanol–water partition coefficient (Wildman–Crippen LogP) is 3.19. The van der Waals surface area contributed by atoms with Gasteiger partial charge in [-0.1, -0.05) is 19.1 Å². The van der Waals surface area contributed by atoms with E-state index in [0.717, 1.165) is 55.2 Å². The SMILES string of the molecule is CCC1=Nc2c(C)cc(CN3CCN(c4ccc(C#N)nc4)CC3)cc2CC1=O. The number of anilines is 1. The molecule has 0 N–H and O–H groups in total. The third kappa shape index (κ3) is 4.06. The zero-order valence-corrected chi connectivity index (χ0v) is 17.0. The minimum atomic E-state index is 0.154. The number of aliphatic imine (C=N–C) groups is 1. The maximum Gasteiger partial charge on any atom is 0.181 e. The molecule has 0 aliphatic carbocycles. The summed E-state index contributed by atoms with van der Waals surface area (Å²) in [5.41, 5.74) is 6.66. The molecule has 0 bridgehead atoms. The van der Waals surface area contributed by atoms with Crippen LogP contribution in [0.1, 0.15) is 35.7 Å². The highest BCUT2D eigenvalue weighted by Crippen LogP contribution is 2.31. The number of carbonyl (C=O) groups excluding carboxylic acids is 1. The van der Waals surface area contributed by atoms with Crippen LogP contribution in [0.3, 0.4) is 0 Å². The van der Waals surface area contributed by atoms with E-state index in [1.54, 1.807) is 12.3 Å². The van der Waals surface area contributed by atoms with Crippen LogP contribution in [0, 0.1) is 18.3 Å². The van der Waals surface area contributed by atoms with E-state index in [1.165, 1.54) is 5.56 Å². The van der Waals surface area contributed by atoms with Crippen LogP contribution >= 0.6 is 0 Å². The standard InChI is InChI=1S/C23H25N5O/c1-3-21-22(29)12-18-11-17(10-16(2)23(18)26-21)15-27-6-8-28(9-7-27)20-5-4-19(13-24)25-14-20/h4-5,10-11,14H,3,6-9,12,15H2,1-2H3. The van der Waals surface area contributed by atoms with E-state index >= 15 is 0 Å². The van der Waals surface area contributed by atoms with Gasteiger partial charge in [0.05, 0.1) is 23.3 Å². The van der Waals surface area contributed by atoms with Gasteiger partial charge in [-0.05, 0) is 42.2 Å². The van der Waals surface area contributed by atoms with E-state index < -0.39 is 0 Å². The Morgan fingerprint density at radius 3 is 2.62 bits per heavy atom. The van der Waals surface area contributed by atoms with Gasteiger partial charge in [0.1, 0.15) is 11.8 Å². The van der Waals surface area contributed by atoms with Gasteiger partial charge >= 0.3 is 0 Å². The van der Waals surface area contributed by atoms with Gasteiger partial charge in [-0.2, -0.15) is 5.26 Å². The Kier molecular flexibility index (Phi) is 5.41. The van der Waals surface area contributed by atoms with Crippen molar-refractivity contribution in [2.24, 2.45) is 4.99 Å². The number of benzene rings is 1. The van der Waals surface area contributed by atoms with E-state index in [1.807, 2.05) is 13.0 Å². The van der Waals surface area contributed by atoms with E-state index in [0.29, 0.717) is 24.2 Å². The molecule has 0 atom stereocenters. The van der Waals surface area contributed by atoms with Crippen molar-refractivity contribution >= 4 is 22.9 Å². The number of fused-ring (bicyclic) bond motifs is 1. The maximum atomic E-state index is 12.2. The molecule has 0 saturated carbocycles. The van der Waals surface area contributed by atoms with Gasteiger partial charge < -0.3 is 4.90 Å². The molecule has 2 aromatic rings. The summed E-state index contributed by atoms with van der Waals surface area (Å²) in [7, 11) is 0. The van der Waals surface area contributed by atoms with Crippen LogP contribution in [0.2, 0.25) is 0 Å². The summed E-state index contributed by atoms with van der Waals surface area (Å²) >= 11 is 0. The van der Waals surface area contributed by atoms with E-state index in [-0.39, 0.29) is 5.78 Å². The summed E-state index contributed by atoms with van der Waals surface area (Å²) in [5.74, 6) is 0.154. The molecule has 1 aromatic heterocycles. The summed E-state index contributed by atoms with van der Waals surface area (Å²) in [5, 5.41) is 8.89. The molecule has 29 heavy (non-hydrogen) atoms. The molecule has 3 heterocycles. The van der Waals surface area contributed by atoms with Crippen LogP contribution < -0.4 is 4.90 Å². The van der Waals surface area contributed by atoms with Crippen LogP contribution in [-0.4, -0.2) is 47.6 Å². The van der Waals surface area contributed by atoms with E-state index in [9.17, 15) is 4.79 Å². The molecule has 6 heteroatoms. The molecule has 1 fully saturated rings. The van der Waals surface area contributed by atoms with Crippen molar-refractivity contribution in [3.8, 4) is 6.07 Å². The average Bonchev–Trinajstić information content (AvgIpc) is 2.74. The van der Waals surface area contributed by atoms with Gasteiger partial charge in [-0.25, -0.2) is 9.98 Å². The number of Topliss-reactive ketones (excluding diaryl/α,β-unsaturated/α-hetero) is 1. The quantitative estimate of drug-likeness (QED) is 0.806. The highest BCUT2D eigenvalue weighted by molar-refractivity contribution is 6.41. The molecule has 2 aliphatic heterocycles. The van der Waals surface area contributed by atoms with Crippen LogP contribution in [-0.2, 0) is 17.8 Å². The van der Waals surface area contributed by atoms with Gasteiger partial charge in [-0.3, -0.25) is 9.69 Å². The number of hydrogen-bond acceptors (Lipinski definition) is 6. The first-order valence-electron chi connectivity index (χ1n) is 10.1. The average molecular weight is 387 g/mol. The molecule has 2 aliphatic rings. The lowest BCUT2D eigenvalue weighted by atomic mass is 9.94. The van der Waals surface area contributed by atoms with Crippen molar-refractivity contribution in [3.63, 3.8) is 0 Å². The van der Waals surface area contributed by atoms with Crippen LogP contribution in [0.4, 0.5) is 11.4 Å². The minimum Gasteiger partial charge on any atom is -0.368 e. The Balaban J connectivity index is 1.42. The fourth-order valence-electron chi connectivity index (χ4n) is 4.13. The summed E-state index contributed by atoms with van der Waals surface area (Å²) in [4.78, 5) is 25.8. The summed E-state index contributed by atoms with van der Waals surface area (Å²) in [6.45, 7) is 8.75.